The number of hydrogen-bond donors (Lipinski definition) is 2. The largest absolute Gasteiger partial charge is 0.454 e. The smallest absolute Gasteiger partial charge is 0.341 e. The van der Waals surface area contributed by atoms with Crippen molar-refractivity contribution in [3.05, 3.63) is 39.6 Å². The first-order valence-electron chi connectivity index (χ1n) is 5.34. The Labute approximate surface area is 123 Å². The molecule has 1 aromatic heterocycles. The third-order valence-electron chi connectivity index (χ3n) is 2.22. The van der Waals surface area contributed by atoms with Gasteiger partial charge in [0.1, 0.15) is 0 Å². The van der Waals surface area contributed by atoms with Crippen LogP contribution >= 0.6 is 23.2 Å². The standard InChI is InChI=1S/C11H9Cl2N5O2/c12-5-2-1-3-6(13)8(5)9(19)20-4-7-16-10(14)18-11(15)17-7/h1-3H,4H2,(H4,14,15,16,17,18). The van der Waals surface area contributed by atoms with Crippen molar-refractivity contribution in [1.29, 1.82) is 0 Å². The van der Waals surface area contributed by atoms with Crippen LogP contribution in [0, 0.1) is 0 Å². The molecule has 0 amide bonds. The minimum atomic E-state index is -0.696. The molecule has 0 bridgehead atoms. The summed E-state index contributed by atoms with van der Waals surface area (Å²) in [4.78, 5) is 23.1. The maximum atomic E-state index is 11.9. The maximum Gasteiger partial charge on any atom is 0.341 e. The first-order valence-corrected chi connectivity index (χ1v) is 6.10. The highest BCUT2D eigenvalue weighted by Gasteiger charge is 2.16. The van der Waals surface area contributed by atoms with Crippen molar-refractivity contribution in [2.75, 3.05) is 11.5 Å². The fourth-order valence-electron chi connectivity index (χ4n) is 1.42. The van der Waals surface area contributed by atoms with E-state index in [4.69, 9.17) is 39.4 Å². The first-order chi connectivity index (χ1) is 9.47. The molecule has 0 aliphatic heterocycles. The molecule has 2 rings (SSSR count). The molecule has 0 saturated carbocycles. The molecule has 20 heavy (non-hydrogen) atoms. The van der Waals surface area contributed by atoms with Crippen molar-refractivity contribution in [3.8, 4) is 0 Å². The number of carbonyl (C=O) groups is 1. The van der Waals surface area contributed by atoms with Gasteiger partial charge >= 0.3 is 5.97 Å². The molecule has 1 aromatic carbocycles. The molecule has 0 saturated heterocycles. The third kappa shape index (κ3) is 3.25. The average molecular weight is 314 g/mol. The van der Waals surface area contributed by atoms with E-state index in [1.807, 2.05) is 0 Å². The molecule has 1 heterocycles. The minimum absolute atomic E-state index is 0.0562. The SMILES string of the molecule is Nc1nc(N)nc(COC(=O)c2c(Cl)cccc2Cl)n1. The number of anilines is 2. The number of benzene rings is 1. The summed E-state index contributed by atoms with van der Waals surface area (Å²) < 4.78 is 5.01. The van der Waals surface area contributed by atoms with Crippen LogP contribution in [0.1, 0.15) is 16.2 Å². The van der Waals surface area contributed by atoms with Crippen LogP contribution in [0.4, 0.5) is 11.9 Å². The molecule has 0 spiro atoms. The predicted octanol–water partition coefficient (Wildman–Crippen LogP) is 1.70. The Bertz CT molecular complexity index is 625. The number of nitrogens with two attached hydrogens (primary N) is 2. The lowest BCUT2D eigenvalue weighted by molar-refractivity contribution is 0.0462. The third-order valence-corrected chi connectivity index (χ3v) is 2.85. The van der Waals surface area contributed by atoms with E-state index in [-0.39, 0.29) is 39.9 Å². The summed E-state index contributed by atoms with van der Waals surface area (Å²) in [5, 5.41) is 0.384. The zero-order valence-corrected chi connectivity index (χ0v) is 11.5. The Balaban J connectivity index is 2.13. The van der Waals surface area contributed by atoms with Crippen molar-refractivity contribution in [3.63, 3.8) is 0 Å². The molecular formula is C11H9Cl2N5O2. The number of halogens is 2. The molecule has 7 nitrogen and oxygen atoms in total. The highest BCUT2D eigenvalue weighted by molar-refractivity contribution is 6.39. The molecule has 104 valence electrons. The molecular weight excluding hydrogens is 305 g/mol. The number of nitrogen functional groups attached to an aromatic ring is 2. The Kier molecular flexibility index (Phi) is 4.21. The van der Waals surface area contributed by atoms with Gasteiger partial charge < -0.3 is 16.2 Å². The topological polar surface area (TPSA) is 117 Å². The van der Waals surface area contributed by atoms with E-state index < -0.39 is 5.97 Å². The number of nitrogens with zero attached hydrogens (tertiary/aromatic N) is 3. The normalized spacial score (nSPS) is 10.3. The summed E-state index contributed by atoms with van der Waals surface area (Å²) in [5.74, 6) is -0.677. The van der Waals surface area contributed by atoms with Gasteiger partial charge in [-0.15, -0.1) is 0 Å². The van der Waals surface area contributed by atoms with Crippen LogP contribution in [0.25, 0.3) is 0 Å². The lowest BCUT2D eigenvalue weighted by Crippen LogP contribution is -2.11. The summed E-state index contributed by atoms with van der Waals surface area (Å²) in [7, 11) is 0. The van der Waals surface area contributed by atoms with E-state index in [1.54, 1.807) is 6.07 Å². The molecule has 2 aromatic rings. The highest BCUT2D eigenvalue weighted by Crippen LogP contribution is 2.25. The molecule has 0 radical (unpaired) electrons. The average Bonchev–Trinajstić information content (AvgIpc) is 2.35. The van der Waals surface area contributed by atoms with Crippen LogP contribution < -0.4 is 11.5 Å². The van der Waals surface area contributed by atoms with Crippen molar-refractivity contribution >= 4 is 41.1 Å². The van der Waals surface area contributed by atoms with Crippen LogP contribution in [0.15, 0.2) is 18.2 Å². The highest BCUT2D eigenvalue weighted by atomic mass is 35.5. The van der Waals surface area contributed by atoms with E-state index >= 15 is 0 Å². The number of ether oxygens (including phenoxy) is 1. The fourth-order valence-corrected chi connectivity index (χ4v) is 1.97. The van der Waals surface area contributed by atoms with Gasteiger partial charge in [-0.1, -0.05) is 29.3 Å². The fraction of sp³-hybridized carbons (Fsp3) is 0.0909. The number of aromatic nitrogens is 3. The molecule has 0 fully saturated rings. The summed E-state index contributed by atoms with van der Waals surface area (Å²) in [6.07, 6.45) is 0. The van der Waals surface area contributed by atoms with Crippen molar-refractivity contribution < 1.29 is 9.53 Å². The van der Waals surface area contributed by atoms with Gasteiger partial charge in [0, 0.05) is 0 Å². The molecule has 9 heteroatoms. The zero-order valence-electron chi connectivity index (χ0n) is 10.0. The van der Waals surface area contributed by atoms with Gasteiger partial charge in [-0.2, -0.15) is 15.0 Å². The Hall–Kier alpha value is -2.12. The van der Waals surface area contributed by atoms with Crippen LogP contribution in [-0.4, -0.2) is 20.9 Å². The predicted molar refractivity (Wildman–Crippen MR) is 74.2 cm³/mol. The second kappa shape index (κ2) is 5.89. The van der Waals surface area contributed by atoms with Gasteiger partial charge in [0.25, 0.3) is 0 Å². The van der Waals surface area contributed by atoms with Gasteiger partial charge in [0.2, 0.25) is 11.9 Å². The van der Waals surface area contributed by atoms with E-state index in [9.17, 15) is 4.79 Å². The molecule has 0 atom stereocenters. The van der Waals surface area contributed by atoms with Crippen molar-refractivity contribution in [2.24, 2.45) is 0 Å². The lowest BCUT2D eigenvalue weighted by atomic mass is 10.2. The van der Waals surface area contributed by atoms with E-state index in [2.05, 4.69) is 15.0 Å². The van der Waals surface area contributed by atoms with Gasteiger partial charge in [-0.05, 0) is 12.1 Å². The summed E-state index contributed by atoms with van der Waals surface area (Å²) in [6.45, 7) is -0.225. The number of esters is 1. The van der Waals surface area contributed by atoms with Crippen LogP contribution in [0.2, 0.25) is 10.0 Å². The Morgan fingerprint density at radius 3 is 2.20 bits per heavy atom. The van der Waals surface area contributed by atoms with Gasteiger partial charge in [-0.25, -0.2) is 4.79 Å². The Morgan fingerprint density at radius 2 is 1.65 bits per heavy atom. The number of rotatable bonds is 3. The molecule has 0 aliphatic rings. The van der Waals surface area contributed by atoms with Crippen LogP contribution in [0.3, 0.4) is 0 Å². The lowest BCUT2D eigenvalue weighted by Gasteiger charge is -2.07. The second-order valence-corrected chi connectivity index (χ2v) is 4.46. The van der Waals surface area contributed by atoms with Gasteiger partial charge in [0.15, 0.2) is 12.4 Å². The number of carbonyl (C=O) groups excluding carboxylic acids is 1. The van der Waals surface area contributed by atoms with E-state index in [0.717, 1.165) is 0 Å². The second-order valence-electron chi connectivity index (χ2n) is 3.64. The van der Waals surface area contributed by atoms with Crippen LogP contribution in [-0.2, 0) is 11.3 Å². The van der Waals surface area contributed by atoms with Gasteiger partial charge in [-0.3, -0.25) is 0 Å². The first kappa shape index (κ1) is 14.3. The summed E-state index contributed by atoms with van der Waals surface area (Å²) in [6, 6.07) is 4.68. The monoisotopic (exact) mass is 313 g/mol. The zero-order chi connectivity index (χ0) is 14.7. The van der Waals surface area contributed by atoms with Gasteiger partial charge in [0.05, 0.1) is 15.6 Å². The van der Waals surface area contributed by atoms with Crippen molar-refractivity contribution in [2.45, 2.75) is 6.61 Å². The maximum absolute atomic E-state index is 11.9. The molecule has 0 unspecified atom stereocenters. The summed E-state index contributed by atoms with van der Waals surface area (Å²) in [5.41, 5.74) is 10.9. The van der Waals surface area contributed by atoms with Crippen molar-refractivity contribution in [1.82, 2.24) is 15.0 Å². The quantitative estimate of drug-likeness (QED) is 0.828. The number of hydrogen-bond acceptors (Lipinski definition) is 7. The van der Waals surface area contributed by atoms with E-state index in [0.29, 0.717) is 0 Å². The molecule has 4 N–H and O–H groups in total. The molecule has 0 aliphatic carbocycles. The summed E-state index contributed by atoms with van der Waals surface area (Å²) >= 11 is 11.8. The minimum Gasteiger partial charge on any atom is -0.454 e. The Morgan fingerprint density at radius 1 is 1.10 bits per heavy atom. The van der Waals surface area contributed by atoms with Crippen LogP contribution in [0.5, 0.6) is 0 Å². The van der Waals surface area contributed by atoms with E-state index in [1.165, 1.54) is 12.1 Å².